The van der Waals surface area contributed by atoms with Crippen molar-refractivity contribution in [3.63, 3.8) is 0 Å². The third-order valence-electron chi connectivity index (χ3n) is 5.29. The number of nitrogens with zero attached hydrogens (tertiary/aromatic N) is 1. The number of ether oxygens (including phenoxy) is 2. The predicted molar refractivity (Wildman–Crippen MR) is 132 cm³/mol. The second-order valence-corrected chi connectivity index (χ2v) is 8.70. The van der Waals surface area contributed by atoms with Gasteiger partial charge in [-0.05, 0) is 64.3 Å². The molecule has 0 aromatic heterocycles. The molecule has 10 heteroatoms. The quantitative estimate of drug-likeness (QED) is 0.367. The zero-order valence-electron chi connectivity index (χ0n) is 18.7. The smallest absolute Gasteiger partial charge is 0.488 e. The van der Waals surface area contributed by atoms with Gasteiger partial charge in [-0.1, -0.05) is 42.5 Å². The lowest BCUT2D eigenvalue weighted by atomic mass is 9.80. The van der Waals surface area contributed by atoms with E-state index in [1.807, 2.05) is 0 Å². The Labute approximate surface area is 205 Å². The zero-order chi connectivity index (χ0) is 24.9. The number of halogens is 1. The van der Waals surface area contributed by atoms with Gasteiger partial charge in [0.2, 0.25) is 0 Å². The lowest BCUT2D eigenvalue weighted by Crippen LogP contribution is -2.29. The summed E-state index contributed by atoms with van der Waals surface area (Å²) in [4.78, 5) is 26.6. The van der Waals surface area contributed by atoms with Gasteiger partial charge in [0, 0.05) is 0 Å². The highest BCUT2D eigenvalue weighted by molar-refractivity contribution is 8.18. The van der Waals surface area contributed by atoms with Crippen LogP contribution in [0.5, 0.6) is 11.5 Å². The number of methoxy groups -OCH3 is 1. The van der Waals surface area contributed by atoms with E-state index < -0.39 is 18.3 Å². The monoisotopic (exact) mass is 493 g/mol. The Hall–Kier alpha value is -3.60. The van der Waals surface area contributed by atoms with Crippen molar-refractivity contribution < 1.29 is 33.5 Å². The molecule has 1 aliphatic rings. The van der Waals surface area contributed by atoms with Gasteiger partial charge in [0.15, 0.2) is 11.5 Å². The van der Waals surface area contributed by atoms with E-state index in [0.29, 0.717) is 28.1 Å². The molecule has 1 saturated heterocycles. The van der Waals surface area contributed by atoms with Crippen LogP contribution in [-0.2, 0) is 17.9 Å². The largest absolute Gasteiger partial charge is 0.493 e. The van der Waals surface area contributed by atoms with Gasteiger partial charge in [-0.15, -0.1) is 0 Å². The molecule has 0 bridgehead atoms. The molecule has 1 aliphatic heterocycles. The van der Waals surface area contributed by atoms with Crippen LogP contribution in [-0.4, -0.2) is 40.3 Å². The second-order valence-electron chi connectivity index (χ2n) is 7.71. The molecule has 2 amide bonds. The van der Waals surface area contributed by atoms with E-state index in [0.717, 1.165) is 22.2 Å². The molecule has 1 heterocycles. The molecule has 0 radical (unpaired) electrons. The molecule has 4 rings (SSSR count). The maximum absolute atomic E-state index is 13.1. The first-order valence-electron chi connectivity index (χ1n) is 10.6. The van der Waals surface area contributed by atoms with Crippen molar-refractivity contribution in [3.8, 4) is 11.5 Å². The molecule has 0 spiro atoms. The number of benzene rings is 3. The van der Waals surface area contributed by atoms with Crippen LogP contribution in [0.2, 0.25) is 0 Å². The average Bonchev–Trinajstić information content (AvgIpc) is 3.11. The van der Waals surface area contributed by atoms with E-state index in [2.05, 4.69) is 0 Å². The Balaban J connectivity index is 1.45. The van der Waals surface area contributed by atoms with E-state index in [1.54, 1.807) is 48.5 Å². The Kier molecular flexibility index (Phi) is 7.55. The number of hydrogen-bond donors (Lipinski definition) is 2. The number of thioether (sulfide) groups is 1. The second kappa shape index (κ2) is 10.8. The zero-order valence-corrected chi connectivity index (χ0v) is 19.5. The van der Waals surface area contributed by atoms with Crippen molar-refractivity contribution in [2.75, 3.05) is 7.11 Å². The third-order valence-corrected chi connectivity index (χ3v) is 6.19. The van der Waals surface area contributed by atoms with Crippen LogP contribution in [0.1, 0.15) is 16.7 Å². The van der Waals surface area contributed by atoms with Crippen molar-refractivity contribution in [3.05, 3.63) is 94.1 Å². The van der Waals surface area contributed by atoms with Gasteiger partial charge in [-0.25, -0.2) is 4.39 Å². The van der Waals surface area contributed by atoms with Gasteiger partial charge in [0.05, 0.1) is 18.6 Å². The number of imide groups is 1. The molecule has 1 fully saturated rings. The van der Waals surface area contributed by atoms with E-state index in [-0.39, 0.29) is 23.9 Å². The molecule has 35 heavy (non-hydrogen) atoms. The van der Waals surface area contributed by atoms with Crippen LogP contribution in [0.3, 0.4) is 0 Å². The molecule has 2 N–H and O–H groups in total. The number of amides is 2. The Bertz CT molecular complexity index is 1260. The standard InChI is InChI=1S/C25H21BFNO6S/c1-33-22-12-18(6-11-21(22)34-15-17-2-7-19(8-3-17)26(31)32)13-23-24(29)28(25(30)35-23)14-16-4-9-20(27)10-5-16/h2-13,31-32H,14-15H2,1H3/b23-13-. The van der Waals surface area contributed by atoms with Crippen LogP contribution in [0.25, 0.3) is 6.08 Å². The normalized spacial score (nSPS) is 14.5. The minimum absolute atomic E-state index is 0.0661. The first-order chi connectivity index (χ1) is 16.8. The van der Waals surface area contributed by atoms with Gasteiger partial charge >= 0.3 is 7.12 Å². The summed E-state index contributed by atoms with van der Waals surface area (Å²) >= 11 is 0.844. The minimum atomic E-state index is -1.53. The molecule has 7 nitrogen and oxygen atoms in total. The highest BCUT2D eigenvalue weighted by Crippen LogP contribution is 2.35. The molecule has 3 aromatic rings. The molecule has 0 saturated carbocycles. The fourth-order valence-electron chi connectivity index (χ4n) is 3.40. The Morgan fingerprint density at radius 1 is 0.971 bits per heavy atom. The van der Waals surface area contributed by atoms with Gasteiger partial charge in [0.25, 0.3) is 11.1 Å². The molecule has 0 aliphatic carbocycles. The van der Waals surface area contributed by atoms with E-state index in [4.69, 9.17) is 9.47 Å². The van der Waals surface area contributed by atoms with Gasteiger partial charge < -0.3 is 19.5 Å². The minimum Gasteiger partial charge on any atom is -0.493 e. The predicted octanol–water partition coefficient (Wildman–Crippen LogP) is 3.33. The van der Waals surface area contributed by atoms with Crippen molar-refractivity contribution >= 4 is 41.6 Å². The van der Waals surface area contributed by atoms with Crippen molar-refractivity contribution in [2.24, 2.45) is 0 Å². The topological polar surface area (TPSA) is 96.3 Å². The van der Waals surface area contributed by atoms with Gasteiger partial charge in [-0.2, -0.15) is 0 Å². The van der Waals surface area contributed by atoms with E-state index in [1.165, 1.54) is 31.4 Å². The van der Waals surface area contributed by atoms with Gasteiger partial charge in [-0.3, -0.25) is 14.5 Å². The van der Waals surface area contributed by atoms with Crippen molar-refractivity contribution in [1.82, 2.24) is 4.90 Å². The fourth-order valence-corrected chi connectivity index (χ4v) is 4.24. The van der Waals surface area contributed by atoms with E-state index in [9.17, 15) is 24.0 Å². The van der Waals surface area contributed by atoms with E-state index >= 15 is 0 Å². The number of carbonyl (C=O) groups excluding carboxylic acids is 2. The van der Waals surface area contributed by atoms with Crippen LogP contribution < -0.4 is 14.9 Å². The van der Waals surface area contributed by atoms with Crippen LogP contribution in [0.15, 0.2) is 71.6 Å². The number of hydrogen-bond acceptors (Lipinski definition) is 7. The lowest BCUT2D eigenvalue weighted by Gasteiger charge is -2.13. The van der Waals surface area contributed by atoms with Crippen LogP contribution in [0, 0.1) is 5.82 Å². The summed E-state index contributed by atoms with van der Waals surface area (Å²) in [5.41, 5.74) is 2.52. The lowest BCUT2D eigenvalue weighted by molar-refractivity contribution is -0.123. The molecule has 178 valence electrons. The first-order valence-corrected chi connectivity index (χ1v) is 11.4. The third kappa shape index (κ3) is 5.91. The van der Waals surface area contributed by atoms with Gasteiger partial charge in [0.1, 0.15) is 12.4 Å². The SMILES string of the molecule is COc1cc(/C=C2\SC(=O)N(Cc3ccc(F)cc3)C2=O)ccc1OCc1ccc(B(O)O)cc1. The molecule has 0 unspecified atom stereocenters. The maximum atomic E-state index is 13.1. The molecule has 3 aromatic carbocycles. The summed E-state index contributed by atoms with van der Waals surface area (Å²) in [7, 11) is -0.0260. The molecular weight excluding hydrogens is 472 g/mol. The average molecular weight is 493 g/mol. The number of rotatable bonds is 8. The Morgan fingerprint density at radius 3 is 2.31 bits per heavy atom. The molecular formula is C25H21BFNO6S. The van der Waals surface area contributed by atoms with Crippen molar-refractivity contribution in [2.45, 2.75) is 13.2 Å². The Morgan fingerprint density at radius 2 is 1.66 bits per heavy atom. The maximum Gasteiger partial charge on any atom is 0.488 e. The highest BCUT2D eigenvalue weighted by Gasteiger charge is 2.35. The summed E-state index contributed by atoms with van der Waals surface area (Å²) in [5.74, 6) is 0.135. The summed E-state index contributed by atoms with van der Waals surface area (Å²) < 4.78 is 24.4. The first kappa shape index (κ1) is 24.5. The van der Waals surface area contributed by atoms with Crippen LogP contribution in [0.4, 0.5) is 9.18 Å². The summed E-state index contributed by atoms with van der Waals surface area (Å²) in [6, 6.07) is 17.5. The summed E-state index contributed by atoms with van der Waals surface area (Å²) in [6.45, 7) is 0.302. The molecule has 0 atom stereocenters. The van der Waals surface area contributed by atoms with Crippen molar-refractivity contribution in [1.29, 1.82) is 0 Å². The summed E-state index contributed by atoms with van der Waals surface area (Å²) in [5, 5.41) is 18.0. The summed E-state index contributed by atoms with van der Waals surface area (Å²) in [6.07, 6.45) is 1.61. The fraction of sp³-hybridized carbons (Fsp3) is 0.120. The highest BCUT2D eigenvalue weighted by atomic mass is 32.2. The number of carbonyl (C=O) groups is 2. The van der Waals surface area contributed by atoms with Crippen LogP contribution >= 0.6 is 11.8 Å².